The number of alkyl halides is 1. The standard InChI is InChI=1S/C15H26FNO/c1-12(2)6-5-9-18-15-7-8-17(10-13(3)4)11-14(15)16/h12-15H,7-11H2,1-4H3/t14-,15+/m1/s1. The van der Waals surface area contributed by atoms with Crippen LogP contribution in [0.2, 0.25) is 0 Å². The summed E-state index contributed by atoms with van der Waals surface area (Å²) in [4.78, 5) is 2.19. The van der Waals surface area contributed by atoms with Crippen molar-refractivity contribution in [2.75, 3.05) is 26.2 Å². The molecule has 0 aromatic rings. The van der Waals surface area contributed by atoms with Crippen molar-refractivity contribution in [2.24, 2.45) is 11.8 Å². The van der Waals surface area contributed by atoms with Crippen LogP contribution in [0.1, 0.15) is 34.1 Å². The van der Waals surface area contributed by atoms with E-state index < -0.39 is 6.17 Å². The van der Waals surface area contributed by atoms with Gasteiger partial charge in [0.2, 0.25) is 0 Å². The van der Waals surface area contributed by atoms with Gasteiger partial charge in [0.25, 0.3) is 0 Å². The molecule has 0 saturated carbocycles. The van der Waals surface area contributed by atoms with Crippen molar-refractivity contribution in [2.45, 2.75) is 46.4 Å². The minimum atomic E-state index is -0.877. The fourth-order valence-electron chi connectivity index (χ4n) is 2.21. The van der Waals surface area contributed by atoms with Crippen LogP contribution in [-0.4, -0.2) is 43.4 Å². The molecule has 1 fully saturated rings. The van der Waals surface area contributed by atoms with Crippen LogP contribution in [0.25, 0.3) is 0 Å². The molecule has 1 saturated heterocycles. The summed E-state index contributed by atoms with van der Waals surface area (Å²) in [5.74, 6) is 6.91. The normalized spacial score (nSPS) is 25.3. The molecule has 0 unspecified atom stereocenters. The lowest BCUT2D eigenvalue weighted by Gasteiger charge is -2.35. The minimum Gasteiger partial charge on any atom is -0.362 e. The van der Waals surface area contributed by atoms with E-state index in [-0.39, 0.29) is 6.10 Å². The Bertz CT molecular complexity index is 293. The van der Waals surface area contributed by atoms with E-state index in [4.69, 9.17) is 4.74 Å². The summed E-state index contributed by atoms with van der Waals surface area (Å²) in [6, 6.07) is 0. The Morgan fingerprint density at radius 1 is 1.33 bits per heavy atom. The average molecular weight is 255 g/mol. The Morgan fingerprint density at radius 3 is 2.61 bits per heavy atom. The molecule has 0 aromatic heterocycles. The lowest BCUT2D eigenvalue weighted by Crippen LogP contribution is -2.46. The number of hydrogen-bond donors (Lipinski definition) is 0. The number of nitrogens with zero attached hydrogens (tertiary/aromatic N) is 1. The maximum absolute atomic E-state index is 13.9. The third kappa shape index (κ3) is 5.84. The van der Waals surface area contributed by atoms with Crippen molar-refractivity contribution < 1.29 is 9.13 Å². The van der Waals surface area contributed by atoms with Gasteiger partial charge in [-0.15, -0.1) is 0 Å². The van der Waals surface area contributed by atoms with Crippen molar-refractivity contribution in [3.63, 3.8) is 0 Å². The number of rotatable bonds is 4. The first kappa shape index (κ1) is 15.5. The molecule has 1 aliphatic heterocycles. The summed E-state index contributed by atoms with van der Waals surface area (Å²) in [6.07, 6.45) is -0.370. The van der Waals surface area contributed by atoms with E-state index in [1.807, 2.05) is 13.8 Å². The molecule has 0 amide bonds. The van der Waals surface area contributed by atoms with Crippen LogP contribution in [0.15, 0.2) is 0 Å². The fourth-order valence-corrected chi connectivity index (χ4v) is 2.21. The van der Waals surface area contributed by atoms with Gasteiger partial charge in [-0.25, -0.2) is 4.39 Å². The van der Waals surface area contributed by atoms with E-state index >= 15 is 0 Å². The Hall–Kier alpha value is -0.590. The second kappa shape index (κ2) is 7.76. The molecule has 2 nitrogen and oxygen atoms in total. The number of hydrogen-bond acceptors (Lipinski definition) is 2. The maximum Gasteiger partial charge on any atom is 0.139 e. The lowest BCUT2D eigenvalue weighted by atomic mass is 10.0. The highest BCUT2D eigenvalue weighted by Gasteiger charge is 2.29. The van der Waals surface area contributed by atoms with Gasteiger partial charge in [-0.05, 0) is 12.3 Å². The molecule has 1 heterocycles. The predicted molar refractivity (Wildman–Crippen MR) is 73.1 cm³/mol. The van der Waals surface area contributed by atoms with Crippen molar-refractivity contribution in [1.29, 1.82) is 0 Å². The van der Waals surface area contributed by atoms with Gasteiger partial charge < -0.3 is 4.74 Å². The van der Waals surface area contributed by atoms with Gasteiger partial charge in [0.05, 0.1) is 6.10 Å². The van der Waals surface area contributed by atoms with Crippen LogP contribution < -0.4 is 0 Å². The fraction of sp³-hybridized carbons (Fsp3) is 0.867. The van der Waals surface area contributed by atoms with E-state index in [1.165, 1.54) is 0 Å². The topological polar surface area (TPSA) is 12.5 Å². The smallest absolute Gasteiger partial charge is 0.139 e. The van der Waals surface area contributed by atoms with Crippen molar-refractivity contribution in [3.05, 3.63) is 0 Å². The van der Waals surface area contributed by atoms with Crippen LogP contribution in [-0.2, 0) is 4.74 Å². The highest BCUT2D eigenvalue weighted by Crippen LogP contribution is 2.18. The zero-order valence-electron chi connectivity index (χ0n) is 12.1. The average Bonchev–Trinajstić information content (AvgIpc) is 2.25. The molecule has 18 heavy (non-hydrogen) atoms. The molecule has 0 radical (unpaired) electrons. The van der Waals surface area contributed by atoms with Gasteiger partial charge in [-0.3, -0.25) is 4.90 Å². The van der Waals surface area contributed by atoms with Gasteiger partial charge in [-0.2, -0.15) is 0 Å². The third-order valence-electron chi connectivity index (χ3n) is 2.95. The largest absolute Gasteiger partial charge is 0.362 e. The quantitative estimate of drug-likeness (QED) is 0.716. The lowest BCUT2D eigenvalue weighted by molar-refractivity contribution is -0.0359. The Kier molecular flexibility index (Phi) is 6.67. The molecular weight excluding hydrogens is 229 g/mol. The highest BCUT2D eigenvalue weighted by atomic mass is 19.1. The van der Waals surface area contributed by atoms with E-state index in [1.54, 1.807) is 0 Å². The minimum absolute atomic E-state index is 0.269. The van der Waals surface area contributed by atoms with E-state index in [0.717, 1.165) is 19.5 Å². The van der Waals surface area contributed by atoms with Crippen molar-refractivity contribution >= 4 is 0 Å². The van der Waals surface area contributed by atoms with Gasteiger partial charge in [0, 0.05) is 25.6 Å². The predicted octanol–water partition coefficient (Wildman–Crippen LogP) is 2.73. The molecule has 0 N–H and O–H groups in total. The van der Waals surface area contributed by atoms with E-state index in [2.05, 4.69) is 30.6 Å². The number of likely N-dealkylation sites (tertiary alicyclic amines) is 1. The molecule has 2 atom stereocenters. The molecular formula is C15H26FNO. The van der Waals surface area contributed by atoms with Crippen LogP contribution in [0.3, 0.4) is 0 Å². The highest BCUT2D eigenvalue weighted by molar-refractivity contribution is 5.01. The third-order valence-corrected chi connectivity index (χ3v) is 2.95. The molecule has 0 aliphatic carbocycles. The molecule has 3 heteroatoms. The van der Waals surface area contributed by atoms with E-state index in [9.17, 15) is 4.39 Å². The summed E-state index contributed by atoms with van der Waals surface area (Å²) in [5, 5.41) is 0. The molecule has 104 valence electrons. The van der Waals surface area contributed by atoms with Gasteiger partial charge >= 0.3 is 0 Å². The molecule has 1 aliphatic rings. The van der Waals surface area contributed by atoms with Gasteiger partial charge in [-0.1, -0.05) is 39.5 Å². The van der Waals surface area contributed by atoms with Crippen LogP contribution in [0.4, 0.5) is 4.39 Å². The number of piperidine rings is 1. The summed E-state index contributed by atoms with van der Waals surface area (Å²) in [5.41, 5.74) is 0. The summed E-state index contributed by atoms with van der Waals surface area (Å²) >= 11 is 0. The van der Waals surface area contributed by atoms with Crippen LogP contribution >= 0.6 is 0 Å². The number of ether oxygens (including phenoxy) is 1. The summed E-state index contributed by atoms with van der Waals surface area (Å²) < 4.78 is 19.4. The Labute approximate surface area is 111 Å². The summed E-state index contributed by atoms with van der Waals surface area (Å²) in [6.45, 7) is 11.2. The van der Waals surface area contributed by atoms with E-state index in [0.29, 0.717) is 25.0 Å². The number of halogens is 1. The second-order valence-electron chi connectivity index (χ2n) is 5.78. The first-order chi connectivity index (χ1) is 8.49. The second-order valence-corrected chi connectivity index (χ2v) is 5.78. The molecule has 0 spiro atoms. The Morgan fingerprint density at radius 2 is 2.06 bits per heavy atom. The van der Waals surface area contributed by atoms with Crippen LogP contribution in [0, 0.1) is 23.7 Å². The molecule has 0 bridgehead atoms. The maximum atomic E-state index is 13.9. The Balaban J connectivity index is 2.28. The zero-order valence-corrected chi connectivity index (χ0v) is 12.1. The monoisotopic (exact) mass is 255 g/mol. The zero-order chi connectivity index (χ0) is 13.5. The van der Waals surface area contributed by atoms with Gasteiger partial charge in [0.15, 0.2) is 0 Å². The first-order valence-electron chi connectivity index (χ1n) is 6.95. The van der Waals surface area contributed by atoms with Crippen molar-refractivity contribution in [3.8, 4) is 11.8 Å². The first-order valence-corrected chi connectivity index (χ1v) is 6.95. The van der Waals surface area contributed by atoms with Crippen LogP contribution in [0.5, 0.6) is 0 Å². The molecule has 0 aromatic carbocycles. The molecule has 1 rings (SSSR count). The van der Waals surface area contributed by atoms with Crippen molar-refractivity contribution in [1.82, 2.24) is 4.90 Å². The van der Waals surface area contributed by atoms with Gasteiger partial charge in [0.1, 0.15) is 12.8 Å². The summed E-state index contributed by atoms with van der Waals surface area (Å²) in [7, 11) is 0. The SMILES string of the molecule is CC(C)C#CCO[C@H]1CCN(CC(C)C)C[C@H]1F.